The molecule has 0 aromatic carbocycles. The summed E-state index contributed by atoms with van der Waals surface area (Å²) >= 11 is 1.17. The lowest BCUT2D eigenvalue weighted by Crippen LogP contribution is -2.53. The highest BCUT2D eigenvalue weighted by atomic mass is 32.1. The first-order chi connectivity index (χ1) is 12.9. The molecular weight excluding hydrogens is 366 g/mol. The molecule has 8 nitrogen and oxygen atoms in total. The van der Waals surface area contributed by atoms with Crippen LogP contribution in [0.2, 0.25) is 0 Å². The second kappa shape index (κ2) is 6.54. The van der Waals surface area contributed by atoms with Crippen molar-refractivity contribution in [1.82, 2.24) is 24.3 Å². The first-order valence-electron chi connectivity index (χ1n) is 9.54. The Morgan fingerprint density at radius 1 is 1.15 bits per heavy atom. The van der Waals surface area contributed by atoms with Gasteiger partial charge in [0, 0.05) is 57.0 Å². The highest BCUT2D eigenvalue weighted by molar-refractivity contribution is 7.03. The van der Waals surface area contributed by atoms with E-state index in [1.54, 1.807) is 12.3 Å². The maximum Gasteiger partial charge on any atom is 0.275 e. The lowest BCUT2D eigenvalue weighted by molar-refractivity contribution is -0.141. The lowest BCUT2D eigenvalue weighted by Gasteiger charge is -2.46. The quantitative estimate of drug-likeness (QED) is 0.746. The largest absolute Gasteiger partial charge is 0.342 e. The molecule has 4 heterocycles. The van der Waals surface area contributed by atoms with Gasteiger partial charge in [0.2, 0.25) is 11.8 Å². The summed E-state index contributed by atoms with van der Waals surface area (Å²) in [6.45, 7) is 7.36. The van der Waals surface area contributed by atoms with Crippen LogP contribution in [0.4, 0.5) is 0 Å². The van der Waals surface area contributed by atoms with E-state index >= 15 is 0 Å². The van der Waals surface area contributed by atoms with Gasteiger partial charge in [0.05, 0.1) is 5.41 Å². The molecule has 4 rings (SSSR count). The van der Waals surface area contributed by atoms with E-state index in [0.29, 0.717) is 38.4 Å². The van der Waals surface area contributed by atoms with E-state index in [0.717, 1.165) is 25.8 Å². The Morgan fingerprint density at radius 3 is 2.44 bits per heavy atom. The topological polar surface area (TPSA) is 86.7 Å². The number of piperidine rings is 1. The van der Waals surface area contributed by atoms with Crippen LogP contribution in [0, 0.1) is 10.8 Å². The van der Waals surface area contributed by atoms with Crippen molar-refractivity contribution in [2.45, 2.75) is 33.1 Å². The number of hydrogen-bond donors (Lipinski definition) is 0. The van der Waals surface area contributed by atoms with Crippen molar-refractivity contribution < 1.29 is 14.4 Å². The fourth-order valence-electron chi connectivity index (χ4n) is 5.26. The monoisotopic (exact) mass is 391 g/mol. The molecule has 1 unspecified atom stereocenters. The van der Waals surface area contributed by atoms with Crippen LogP contribution in [0.25, 0.3) is 0 Å². The van der Waals surface area contributed by atoms with Crippen LogP contribution < -0.4 is 0 Å². The normalized spacial score (nSPS) is 27.2. The highest BCUT2D eigenvalue weighted by Gasteiger charge is 2.65. The average Bonchev–Trinajstić information content (AvgIpc) is 3.37. The Balaban J connectivity index is 1.58. The smallest absolute Gasteiger partial charge is 0.275 e. The van der Waals surface area contributed by atoms with E-state index in [9.17, 15) is 14.4 Å². The number of amides is 3. The number of rotatable bonds is 2. The van der Waals surface area contributed by atoms with E-state index in [1.807, 2.05) is 21.6 Å². The third-order valence-electron chi connectivity index (χ3n) is 6.89. The number of carbonyl (C=O) groups is 3. The van der Waals surface area contributed by atoms with Crippen molar-refractivity contribution >= 4 is 29.3 Å². The Kier molecular flexibility index (Phi) is 4.44. The summed E-state index contributed by atoms with van der Waals surface area (Å²) in [5.74, 6) is 0.125. The SMILES string of the molecule is CCN1CCC2(CN(C(C)=O)CC23CCN(C(=O)c2csnn2)CC3)C1=O. The zero-order valence-corrected chi connectivity index (χ0v) is 16.6. The Morgan fingerprint density at radius 2 is 1.89 bits per heavy atom. The minimum absolute atomic E-state index is 0.0288. The summed E-state index contributed by atoms with van der Waals surface area (Å²) in [7, 11) is 0. The number of nitrogens with zero attached hydrogens (tertiary/aromatic N) is 5. The Labute approximate surface area is 162 Å². The lowest BCUT2D eigenvalue weighted by atomic mass is 9.60. The van der Waals surface area contributed by atoms with Crippen molar-refractivity contribution in [3.8, 4) is 0 Å². The third kappa shape index (κ3) is 2.66. The summed E-state index contributed by atoms with van der Waals surface area (Å²) in [6.07, 6.45) is 2.28. The predicted octanol–water partition coefficient (Wildman–Crippen LogP) is 0.861. The van der Waals surface area contributed by atoms with Gasteiger partial charge in [0.15, 0.2) is 5.69 Å². The van der Waals surface area contributed by atoms with Gasteiger partial charge in [-0.2, -0.15) is 0 Å². The number of likely N-dealkylation sites (tertiary alicyclic amines) is 3. The summed E-state index contributed by atoms with van der Waals surface area (Å²) in [4.78, 5) is 43.6. The highest BCUT2D eigenvalue weighted by Crippen LogP contribution is 2.57. The molecular formula is C18H25N5O3S. The molecule has 146 valence electrons. The second-order valence-electron chi connectivity index (χ2n) is 7.95. The average molecular weight is 391 g/mol. The van der Waals surface area contributed by atoms with Crippen LogP contribution >= 0.6 is 11.5 Å². The van der Waals surface area contributed by atoms with Gasteiger partial charge in [0.1, 0.15) is 0 Å². The zero-order valence-electron chi connectivity index (χ0n) is 15.8. The van der Waals surface area contributed by atoms with Gasteiger partial charge in [-0.3, -0.25) is 14.4 Å². The van der Waals surface area contributed by atoms with Gasteiger partial charge < -0.3 is 14.7 Å². The molecule has 3 aliphatic rings. The maximum absolute atomic E-state index is 13.3. The molecule has 3 aliphatic heterocycles. The van der Waals surface area contributed by atoms with Gasteiger partial charge in [-0.1, -0.05) is 4.49 Å². The van der Waals surface area contributed by atoms with Crippen LogP contribution in [0.5, 0.6) is 0 Å². The Bertz CT molecular complexity index is 759. The van der Waals surface area contributed by atoms with Gasteiger partial charge in [-0.25, -0.2) is 0 Å². The predicted molar refractivity (Wildman–Crippen MR) is 99.0 cm³/mol. The van der Waals surface area contributed by atoms with E-state index in [-0.39, 0.29) is 23.1 Å². The van der Waals surface area contributed by atoms with Crippen molar-refractivity contribution in [3.63, 3.8) is 0 Å². The molecule has 1 aromatic rings. The molecule has 1 atom stereocenters. The van der Waals surface area contributed by atoms with Gasteiger partial charge in [-0.15, -0.1) is 5.10 Å². The maximum atomic E-state index is 13.3. The molecule has 2 spiro atoms. The first kappa shape index (κ1) is 18.3. The van der Waals surface area contributed by atoms with E-state index in [2.05, 4.69) is 9.59 Å². The van der Waals surface area contributed by atoms with Crippen molar-refractivity contribution in [3.05, 3.63) is 11.1 Å². The van der Waals surface area contributed by atoms with Crippen LogP contribution in [0.15, 0.2) is 5.38 Å². The minimum atomic E-state index is -0.494. The molecule has 0 radical (unpaired) electrons. The number of fused-ring (bicyclic) bond motifs is 1. The van der Waals surface area contributed by atoms with E-state index in [4.69, 9.17) is 0 Å². The van der Waals surface area contributed by atoms with Gasteiger partial charge in [-0.05, 0) is 37.7 Å². The molecule has 0 aliphatic carbocycles. The van der Waals surface area contributed by atoms with E-state index < -0.39 is 5.41 Å². The summed E-state index contributed by atoms with van der Waals surface area (Å²) in [5.41, 5.74) is -0.348. The summed E-state index contributed by atoms with van der Waals surface area (Å²) in [6, 6.07) is 0. The van der Waals surface area contributed by atoms with E-state index in [1.165, 1.54) is 11.5 Å². The minimum Gasteiger partial charge on any atom is -0.342 e. The number of aromatic nitrogens is 2. The molecule has 3 amide bonds. The molecule has 0 saturated carbocycles. The molecule has 27 heavy (non-hydrogen) atoms. The zero-order chi connectivity index (χ0) is 19.2. The molecule has 1 aromatic heterocycles. The van der Waals surface area contributed by atoms with Crippen LogP contribution in [0.3, 0.4) is 0 Å². The third-order valence-corrected chi connectivity index (χ3v) is 7.39. The molecule has 3 fully saturated rings. The number of hydrogen-bond acceptors (Lipinski definition) is 6. The first-order valence-corrected chi connectivity index (χ1v) is 10.4. The number of carbonyl (C=O) groups excluding carboxylic acids is 3. The van der Waals surface area contributed by atoms with Crippen molar-refractivity contribution in [2.24, 2.45) is 10.8 Å². The van der Waals surface area contributed by atoms with Crippen LogP contribution in [-0.4, -0.2) is 81.3 Å². The van der Waals surface area contributed by atoms with Crippen LogP contribution in [-0.2, 0) is 9.59 Å². The molecule has 3 saturated heterocycles. The van der Waals surface area contributed by atoms with Crippen molar-refractivity contribution in [1.29, 1.82) is 0 Å². The Hall–Kier alpha value is -2.03. The second-order valence-corrected chi connectivity index (χ2v) is 8.56. The summed E-state index contributed by atoms with van der Waals surface area (Å²) < 4.78 is 3.77. The van der Waals surface area contributed by atoms with Crippen molar-refractivity contribution in [2.75, 3.05) is 39.3 Å². The molecule has 9 heteroatoms. The summed E-state index contributed by atoms with van der Waals surface area (Å²) in [5, 5.41) is 5.55. The fourth-order valence-corrected chi connectivity index (χ4v) is 5.69. The van der Waals surface area contributed by atoms with Gasteiger partial charge >= 0.3 is 0 Å². The van der Waals surface area contributed by atoms with Gasteiger partial charge in [0.25, 0.3) is 5.91 Å². The molecule has 0 bridgehead atoms. The van der Waals surface area contributed by atoms with Crippen LogP contribution in [0.1, 0.15) is 43.6 Å². The fraction of sp³-hybridized carbons (Fsp3) is 0.722. The standard InChI is InChI=1S/C18H25N5O3S/c1-3-21-9-6-18(16(21)26)12-23(13(2)24)11-17(18)4-7-22(8-5-17)15(25)14-10-27-20-19-14/h10H,3-9,11-12H2,1-2H3. The molecule has 0 N–H and O–H groups in total.